The first-order valence-electron chi connectivity index (χ1n) is 13.8. The summed E-state index contributed by atoms with van der Waals surface area (Å²) in [7, 11) is 0. The molecule has 3 aromatic rings. The largest absolute Gasteiger partial charge is 0.493 e. The van der Waals surface area contributed by atoms with Crippen LogP contribution in [0, 0.1) is 10.7 Å². The van der Waals surface area contributed by atoms with Crippen LogP contribution in [0.25, 0.3) is 0 Å². The van der Waals surface area contributed by atoms with Gasteiger partial charge in [-0.3, -0.25) is 5.32 Å². The maximum atomic E-state index is 13.3. The summed E-state index contributed by atoms with van der Waals surface area (Å²) in [5.74, 6) is 0.365. The van der Waals surface area contributed by atoms with Crippen molar-refractivity contribution in [1.29, 1.82) is 0 Å². The van der Waals surface area contributed by atoms with E-state index in [0.717, 1.165) is 55.0 Å². The van der Waals surface area contributed by atoms with Crippen molar-refractivity contribution in [2.75, 3.05) is 50.0 Å². The number of aliphatic imine (C=N–C) groups is 1. The molecule has 41 heavy (non-hydrogen) atoms. The fourth-order valence-corrected chi connectivity index (χ4v) is 4.47. The Bertz CT molecular complexity index is 1320. The molecule has 0 saturated carbocycles. The highest BCUT2D eigenvalue weighted by molar-refractivity contribution is 5.99. The third-order valence-electron chi connectivity index (χ3n) is 6.66. The van der Waals surface area contributed by atoms with Crippen molar-refractivity contribution >= 4 is 29.4 Å². The maximum absolute atomic E-state index is 13.3. The minimum absolute atomic E-state index is 0.0754. The second-order valence-electron chi connectivity index (χ2n) is 9.56. The van der Waals surface area contributed by atoms with Crippen LogP contribution >= 0.6 is 0 Å². The van der Waals surface area contributed by atoms with Crippen LogP contribution in [0.15, 0.2) is 76.9 Å². The van der Waals surface area contributed by atoms with Gasteiger partial charge in [-0.25, -0.2) is 14.2 Å². The van der Waals surface area contributed by atoms with Crippen LogP contribution in [0.1, 0.15) is 30.6 Å². The molecule has 2 amide bonds. The fraction of sp³-hybridized carbons (Fsp3) is 0.333. The van der Waals surface area contributed by atoms with E-state index in [0.29, 0.717) is 31.1 Å². The first kappa shape index (κ1) is 29.6. The Morgan fingerprint density at radius 2 is 1.90 bits per heavy atom. The Morgan fingerprint density at radius 3 is 2.68 bits per heavy atom. The molecule has 1 atom stereocenters. The van der Waals surface area contributed by atoms with Gasteiger partial charge in [0.25, 0.3) is 0 Å². The highest BCUT2D eigenvalue weighted by Crippen LogP contribution is 2.31. The van der Waals surface area contributed by atoms with Crippen molar-refractivity contribution in [3.05, 3.63) is 88.6 Å². The Kier molecular flexibility index (Phi) is 11.2. The van der Waals surface area contributed by atoms with Crippen molar-refractivity contribution in [2.24, 2.45) is 10.2 Å². The topological polar surface area (TPSA) is 119 Å². The smallest absolute Gasteiger partial charge is 0.323 e. The Morgan fingerprint density at radius 1 is 1.07 bits per heavy atom. The zero-order valence-electron chi connectivity index (χ0n) is 23.1. The average molecular weight is 562 g/mol. The molecule has 1 heterocycles. The van der Waals surface area contributed by atoms with Gasteiger partial charge in [-0.15, -0.1) is 0 Å². The molecule has 0 aliphatic carbocycles. The van der Waals surface area contributed by atoms with E-state index in [1.165, 1.54) is 18.2 Å². The van der Waals surface area contributed by atoms with E-state index < -0.39 is 11.8 Å². The lowest BCUT2D eigenvalue weighted by Gasteiger charge is -2.24. The number of urea groups is 1. The van der Waals surface area contributed by atoms with Gasteiger partial charge in [0.1, 0.15) is 17.7 Å². The summed E-state index contributed by atoms with van der Waals surface area (Å²) >= 11 is 0. The number of halogens is 1. The molecule has 10 nitrogen and oxygen atoms in total. The molecule has 0 saturated heterocycles. The van der Waals surface area contributed by atoms with Crippen LogP contribution in [0.3, 0.4) is 0 Å². The van der Waals surface area contributed by atoms with Crippen LogP contribution in [0.5, 0.6) is 5.75 Å². The highest BCUT2D eigenvalue weighted by atomic mass is 19.1. The van der Waals surface area contributed by atoms with E-state index in [1.54, 1.807) is 12.4 Å². The van der Waals surface area contributed by atoms with Gasteiger partial charge in [0.2, 0.25) is 0 Å². The highest BCUT2D eigenvalue weighted by Gasteiger charge is 2.17. The third-order valence-corrected chi connectivity index (χ3v) is 6.66. The first-order valence-corrected chi connectivity index (χ1v) is 13.8. The molecule has 4 N–H and O–H groups in total. The SMILES string of the molecule is CCN(CCCOc1ccc2c(c1)N=CNC2NCCc1ccc(NC(=O)Nc2cccc(F)c2)cc1)CCN=O. The van der Waals surface area contributed by atoms with E-state index in [2.05, 4.69) is 43.3 Å². The fourth-order valence-electron chi connectivity index (χ4n) is 4.47. The van der Waals surface area contributed by atoms with Crippen molar-refractivity contribution in [3.63, 3.8) is 0 Å². The zero-order valence-corrected chi connectivity index (χ0v) is 23.1. The number of rotatable bonds is 15. The molecule has 3 aromatic carbocycles. The number of fused-ring (bicyclic) bond motifs is 1. The standard InChI is InChI=1S/C30H36FN7O3/c1-2-38(17-15-35-40)16-4-18-41-26-11-12-27-28(20-26)33-21-34-29(27)32-14-13-22-7-9-24(10-8-22)36-30(39)37-25-6-3-5-23(31)19-25/h3,5-12,19-21,29,32H,2,4,13-18H2,1H3,(H,33,34)(H2,36,37,39). The van der Waals surface area contributed by atoms with Gasteiger partial charge in [0.05, 0.1) is 25.2 Å². The lowest BCUT2D eigenvalue weighted by molar-refractivity contribution is 0.245. The molecular formula is C30H36FN7O3. The number of nitrogens with one attached hydrogen (secondary N) is 4. The molecular weight excluding hydrogens is 525 g/mol. The van der Waals surface area contributed by atoms with E-state index in [4.69, 9.17) is 4.74 Å². The normalized spacial score (nSPS) is 13.8. The zero-order chi connectivity index (χ0) is 28.9. The van der Waals surface area contributed by atoms with Gasteiger partial charge < -0.3 is 25.6 Å². The molecule has 216 valence electrons. The van der Waals surface area contributed by atoms with Crippen LogP contribution in [0.4, 0.5) is 26.2 Å². The summed E-state index contributed by atoms with van der Waals surface area (Å²) in [6.45, 7) is 6.10. The molecule has 0 aromatic heterocycles. The van der Waals surface area contributed by atoms with Gasteiger partial charge in [0.15, 0.2) is 0 Å². The minimum Gasteiger partial charge on any atom is -0.493 e. The maximum Gasteiger partial charge on any atom is 0.323 e. The van der Waals surface area contributed by atoms with Gasteiger partial charge >= 0.3 is 6.03 Å². The summed E-state index contributed by atoms with van der Waals surface area (Å²) in [4.78, 5) is 29.2. The second kappa shape index (κ2) is 15.4. The predicted octanol–water partition coefficient (Wildman–Crippen LogP) is 5.42. The van der Waals surface area contributed by atoms with Crippen LogP contribution in [-0.2, 0) is 6.42 Å². The van der Waals surface area contributed by atoms with Crippen LogP contribution in [-0.4, -0.2) is 56.6 Å². The summed E-state index contributed by atoms with van der Waals surface area (Å²) in [6, 6.07) is 18.8. The number of amides is 2. The van der Waals surface area contributed by atoms with E-state index in [1.807, 2.05) is 42.5 Å². The molecule has 0 fully saturated rings. The van der Waals surface area contributed by atoms with Crippen LogP contribution < -0.4 is 26.0 Å². The molecule has 11 heteroatoms. The van der Waals surface area contributed by atoms with Crippen LogP contribution in [0.2, 0.25) is 0 Å². The summed E-state index contributed by atoms with van der Waals surface area (Å²) in [5.41, 5.74) is 4.05. The Labute approximate surface area is 239 Å². The number of carbonyl (C=O) groups is 1. The number of carbonyl (C=O) groups excluding carboxylic acids is 1. The van der Waals surface area contributed by atoms with Gasteiger partial charge in [-0.2, -0.15) is 4.91 Å². The molecule has 1 unspecified atom stereocenters. The average Bonchev–Trinajstić information content (AvgIpc) is 2.97. The predicted molar refractivity (Wildman–Crippen MR) is 161 cm³/mol. The van der Waals surface area contributed by atoms with Crippen molar-refractivity contribution in [3.8, 4) is 5.75 Å². The number of ether oxygens (including phenoxy) is 1. The number of benzene rings is 3. The monoisotopic (exact) mass is 561 g/mol. The number of anilines is 2. The number of hydrogen-bond acceptors (Lipinski definition) is 8. The third kappa shape index (κ3) is 9.37. The van der Waals surface area contributed by atoms with E-state index in [-0.39, 0.29) is 6.17 Å². The van der Waals surface area contributed by atoms with Crippen molar-refractivity contribution in [1.82, 2.24) is 15.5 Å². The Balaban J connectivity index is 1.20. The van der Waals surface area contributed by atoms with E-state index in [9.17, 15) is 14.1 Å². The van der Waals surface area contributed by atoms with Crippen molar-refractivity contribution in [2.45, 2.75) is 25.9 Å². The van der Waals surface area contributed by atoms with Gasteiger partial charge in [0, 0.05) is 42.6 Å². The number of nitrogens with zero attached hydrogens (tertiary/aromatic N) is 3. The summed E-state index contributed by atoms with van der Waals surface area (Å²) in [5, 5.41) is 15.1. The molecule has 0 bridgehead atoms. The Hall–Kier alpha value is -4.35. The quantitative estimate of drug-likeness (QED) is 0.145. The summed E-state index contributed by atoms with van der Waals surface area (Å²) < 4.78 is 19.2. The van der Waals surface area contributed by atoms with Gasteiger partial charge in [-0.1, -0.05) is 30.3 Å². The van der Waals surface area contributed by atoms with Gasteiger partial charge in [-0.05, 0) is 67.4 Å². The molecule has 4 rings (SSSR count). The first-order chi connectivity index (χ1) is 20.0. The second-order valence-corrected chi connectivity index (χ2v) is 9.56. The number of hydrogen-bond donors (Lipinski definition) is 4. The summed E-state index contributed by atoms with van der Waals surface area (Å²) in [6.07, 6.45) is 3.27. The molecule has 0 radical (unpaired) electrons. The lowest BCUT2D eigenvalue weighted by Crippen LogP contribution is -2.36. The number of nitroso groups, excluding NO2 is 1. The van der Waals surface area contributed by atoms with Crippen molar-refractivity contribution < 1.29 is 13.9 Å². The number of likely N-dealkylation sites (N-methyl/N-ethyl adjacent to an activating group) is 1. The van der Waals surface area contributed by atoms with E-state index >= 15 is 0 Å². The molecule has 1 aliphatic rings. The molecule has 0 spiro atoms. The lowest BCUT2D eigenvalue weighted by atomic mass is 10.1. The molecule has 1 aliphatic heterocycles. The minimum atomic E-state index is -0.436.